The third kappa shape index (κ3) is 2.44. The predicted molar refractivity (Wildman–Crippen MR) is 54.9 cm³/mol. The average Bonchev–Trinajstić information content (AvgIpc) is 2.18. The van der Waals surface area contributed by atoms with Crippen molar-refractivity contribution in [2.24, 2.45) is 5.73 Å². The van der Waals surface area contributed by atoms with Crippen LogP contribution in [-0.4, -0.2) is 17.8 Å². The molecule has 4 heteroatoms. The van der Waals surface area contributed by atoms with Gasteiger partial charge in [0.2, 0.25) is 0 Å². The van der Waals surface area contributed by atoms with Gasteiger partial charge in [-0.1, -0.05) is 17.7 Å². The highest BCUT2D eigenvalue weighted by atomic mass is 35.5. The van der Waals surface area contributed by atoms with E-state index in [0.717, 1.165) is 0 Å². The first-order chi connectivity index (χ1) is 6.56. The molecular weight excluding hydrogens is 205 g/mol. The first kappa shape index (κ1) is 11.4. The van der Waals surface area contributed by atoms with E-state index in [0.29, 0.717) is 16.1 Å². The van der Waals surface area contributed by atoms with Gasteiger partial charge in [-0.15, -0.1) is 0 Å². The molecule has 0 saturated carbocycles. The highest BCUT2D eigenvalue weighted by Crippen LogP contribution is 2.22. The molecule has 1 atom stereocenters. The summed E-state index contributed by atoms with van der Waals surface area (Å²) in [7, 11) is 0. The van der Waals surface area contributed by atoms with Crippen molar-refractivity contribution in [3.63, 3.8) is 0 Å². The third-order valence-corrected chi connectivity index (χ3v) is 2.43. The zero-order chi connectivity index (χ0) is 10.7. The molecule has 1 unspecified atom stereocenters. The van der Waals surface area contributed by atoms with Crippen molar-refractivity contribution < 1.29 is 9.50 Å². The number of aliphatic hydroxyl groups excluding tert-OH is 1. The summed E-state index contributed by atoms with van der Waals surface area (Å²) in [4.78, 5) is 0. The van der Waals surface area contributed by atoms with Crippen molar-refractivity contribution in [3.8, 4) is 0 Å². The molecule has 1 aromatic rings. The van der Waals surface area contributed by atoms with Gasteiger partial charge in [0.05, 0.1) is 6.61 Å². The Morgan fingerprint density at radius 2 is 2.21 bits per heavy atom. The first-order valence-corrected chi connectivity index (χ1v) is 4.74. The van der Waals surface area contributed by atoms with Gasteiger partial charge in [-0.25, -0.2) is 4.39 Å². The second-order valence-corrected chi connectivity index (χ2v) is 3.71. The maximum absolute atomic E-state index is 13.5. The number of aliphatic hydroxyl groups is 1. The molecule has 0 fully saturated rings. The molecule has 0 aliphatic rings. The summed E-state index contributed by atoms with van der Waals surface area (Å²) in [6.07, 6.45) is 0.253. The molecule has 3 N–H and O–H groups in total. The van der Waals surface area contributed by atoms with Crippen molar-refractivity contribution in [3.05, 3.63) is 34.1 Å². The fraction of sp³-hybridized carbons (Fsp3) is 0.400. The molecule has 0 bridgehead atoms. The summed E-state index contributed by atoms with van der Waals surface area (Å²) in [5.74, 6) is -0.332. The topological polar surface area (TPSA) is 46.2 Å². The number of hydrogen-bond acceptors (Lipinski definition) is 2. The van der Waals surface area contributed by atoms with Gasteiger partial charge < -0.3 is 10.8 Å². The van der Waals surface area contributed by atoms with Crippen molar-refractivity contribution in [2.45, 2.75) is 19.4 Å². The number of halogens is 2. The zero-order valence-electron chi connectivity index (χ0n) is 7.93. The monoisotopic (exact) mass is 217 g/mol. The summed E-state index contributed by atoms with van der Waals surface area (Å²) in [6.45, 7) is 1.49. The molecule has 0 aliphatic carbocycles. The van der Waals surface area contributed by atoms with Crippen LogP contribution in [0.2, 0.25) is 5.02 Å². The van der Waals surface area contributed by atoms with Crippen LogP contribution in [0.4, 0.5) is 4.39 Å². The van der Waals surface area contributed by atoms with Gasteiger partial charge in [0.25, 0.3) is 0 Å². The van der Waals surface area contributed by atoms with Crippen LogP contribution < -0.4 is 5.73 Å². The summed E-state index contributed by atoms with van der Waals surface area (Å²) in [6, 6.07) is 2.79. The molecule has 0 heterocycles. The second kappa shape index (κ2) is 4.73. The molecule has 1 aromatic carbocycles. The highest BCUT2D eigenvalue weighted by molar-refractivity contribution is 6.31. The van der Waals surface area contributed by atoms with Crippen molar-refractivity contribution >= 4 is 11.6 Å². The smallest absolute Gasteiger partial charge is 0.130 e. The van der Waals surface area contributed by atoms with Crippen LogP contribution >= 0.6 is 11.6 Å². The van der Waals surface area contributed by atoms with E-state index in [2.05, 4.69) is 0 Å². The number of benzene rings is 1. The van der Waals surface area contributed by atoms with Crippen molar-refractivity contribution in [1.29, 1.82) is 0 Å². The third-order valence-electron chi connectivity index (χ3n) is 2.08. The summed E-state index contributed by atoms with van der Waals surface area (Å²) < 4.78 is 13.5. The van der Waals surface area contributed by atoms with E-state index in [9.17, 15) is 4.39 Å². The maximum Gasteiger partial charge on any atom is 0.130 e. The Morgan fingerprint density at radius 1 is 1.57 bits per heavy atom. The van der Waals surface area contributed by atoms with Gasteiger partial charge in [0.1, 0.15) is 5.82 Å². The van der Waals surface area contributed by atoms with E-state index < -0.39 is 6.04 Å². The van der Waals surface area contributed by atoms with E-state index in [1.807, 2.05) is 0 Å². The molecule has 0 amide bonds. The van der Waals surface area contributed by atoms with Gasteiger partial charge in [0, 0.05) is 16.6 Å². The van der Waals surface area contributed by atoms with E-state index in [1.54, 1.807) is 19.1 Å². The highest BCUT2D eigenvalue weighted by Gasteiger charge is 2.12. The SMILES string of the molecule is Cc1ccc(Cl)c(CC(N)CO)c1F. The Hall–Kier alpha value is -0.640. The Balaban J connectivity index is 3.00. The van der Waals surface area contributed by atoms with Crippen LogP contribution in [0.15, 0.2) is 12.1 Å². The molecular formula is C10H13ClFNO. The summed E-state index contributed by atoms with van der Waals surface area (Å²) in [5.41, 5.74) is 6.44. The molecule has 0 radical (unpaired) electrons. The number of rotatable bonds is 3. The van der Waals surface area contributed by atoms with Crippen molar-refractivity contribution in [2.75, 3.05) is 6.61 Å². The molecule has 0 aliphatic heterocycles. The minimum atomic E-state index is -0.469. The molecule has 78 valence electrons. The van der Waals surface area contributed by atoms with Crippen LogP contribution in [-0.2, 0) is 6.42 Å². The van der Waals surface area contributed by atoms with E-state index >= 15 is 0 Å². The molecule has 0 aromatic heterocycles. The number of aryl methyl sites for hydroxylation is 1. The fourth-order valence-electron chi connectivity index (χ4n) is 1.23. The van der Waals surface area contributed by atoms with Crippen LogP contribution in [0, 0.1) is 12.7 Å². The number of hydrogen-bond donors (Lipinski definition) is 2. The van der Waals surface area contributed by atoms with Gasteiger partial charge in [0.15, 0.2) is 0 Å². The predicted octanol–water partition coefficient (Wildman–Crippen LogP) is 1.65. The lowest BCUT2D eigenvalue weighted by atomic mass is 10.0. The lowest BCUT2D eigenvalue weighted by molar-refractivity contribution is 0.264. The van der Waals surface area contributed by atoms with E-state index in [4.69, 9.17) is 22.4 Å². The van der Waals surface area contributed by atoms with Gasteiger partial charge in [-0.3, -0.25) is 0 Å². The minimum absolute atomic E-state index is 0.177. The molecule has 0 spiro atoms. The van der Waals surface area contributed by atoms with E-state index in [-0.39, 0.29) is 18.8 Å². The Morgan fingerprint density at radius 3 is 2.79 bits per heavy atom. The zero-order valence-corrected chi connectivity index (χ0v) is 8.68. The van der Waals surface area contributed by atoms with Gasteiger partial charge in [-0.2, -0.15) is 0 Å². The van der Waals surface area contributed by atoms with Gasteiger partial charge >= 0.3 is 0 Å². The normalized spacial score (nSPS) is 12.9. The molecule has 1 rings (SSSR count). The minimum Gasteiger partial charge on any atom is -0.395 e. The van der Waals surface area contributed by atoms with Crippen LogP contribution in [0.3, 0.4) is 0 Å². The Kier molecular flexibility index (Phi) is 3.86. The molecule has 14 heavy (non-hydrogen) atoms. The lowest BCUT2D eigenvalue weighted by Crippen LogP contribution is -2.27. The van der Waals surface area contributed by atoms with Gasteiger partial charge in [-0.05, 0) is 25.0 Å². The van der Waals surface area contributed by atoms with Crippen LogP contribution in [0.25, 0.3) is 0 Å². The molecule has 2 nitrogen and oxygen atoms in total. The maximum atomic E-state index is 13.5. The quantitative estimate of drug-likeness (QED) is 0.809. The summed E-state index contributed by atoms with van der Waals surface area (Å²) >= 11 is 5.83. The largest absolute Gasteiger partial charge is 0.395 e. The summed E-state index contributed by atoms with van der Waals surface area (Å²) in [5, 5.41) is 9.11. The first-order valence-electron chi connectivity index (χ1n) is 4.36. The molecule has 0 saturated heterocycles. The second-order valence-electron chi connectivity index (χ2n) is 3.30. The Bertz CT molecular complexity index is 330. The van der Waals surface area contributed by atoms with E-state index in [1.165, 1.54) is 0 Å². The van der Waals surface area contributed by atoms with Crippen LogP contribution in [0.1, 0.15) is 11.1 Å². The standard InChI is InChI=1S/C10H13ClFNO/c1-6-2-3-9(11)8(10(6)12)4-7(13)5-14/h2-3,7,14H,4-5,13H2,1H3. The van der Waals surface area contributed by atoms with Crippen molar-refractivity contribution in [1.82, 2.24) is 0 Å². The fourth-order valence-corrected chi connectivity index (χ4v) is 1.45. The average molecular weight is 218 g/mol. The number of nitrogens with two attached hydrogens (primary N) is 1. The lowest BCUT2D eigenvalue weighted by Gasteiger charge is -2.11. The Labute approximate surface area is 87.5 Å². The van der Waals surface area contributed by atoms with Crippen LogP contribution in [0.5, 0.6) is 0 Å².